The fourth-order valence-corrected chi connectivity index (χ4v) is 4.15. The predicted molar refractivity (Wildman–Crippen MR) is 128 cm³/mol. The van der Waals surface area contributed by atoms with Crippen molar-refractivity contribution in [2.75, 3.05) is 36.2 Å². The minimum absolute atomic E-state index is 0.0152. The normalized spacial score (nSPS) is 18.9. The molecule has 2 amide bonds. The van der Waals surface area contributed by atoms with E-state index in [2.05, 4.69) is 20.6 Å². The highest BCUT2D eigenvalue weighted by Gasteiger charge is 2.36. The van der Waals surface area contributed by atoms with Crippen LogP contribution in [0.5, 0.6) is 0 Å². The van der Waals surface area contributed by atoms with E-state index in [0.29, 0.717) is 25.6 Å². The van der Waals surface area contributed by atoms with Gasteiger partial charge in [0.25, 0.3) is 0 Å². The number of hydrogen-bond donors (Lipinski definition) is 2. The number of aromatic nitrogens is 2. The van der Waals surface area contributed by atoms with Crippen molar-refractivity contribution < 1.29 is 26.7 Å². The number of carbonyl (C=O) groups is 1. The molecule has 1 atom stereocenters. The molecule has 1 saturated carbocycles. The summed E-state index contributed by atoms with van der Waals surface area (Å²) in [7, 11) is -3.59. The maximum Gasteiger partial charge on any atom is 0.319 e. The van der Waals surface area contributed by atoms with Gasteiger partial charge in [0.1, 0.15) is 16.3 Å². The minimum Gasteiger partial charge on any atom is -0.377 e. The number of carbonyl (C=O) groups excluding carboxylic acids is 1. The number of rotatable bonds is 6. The zero-order chi connectivity index (χ0) is 25.5. The average molecular weight is 510 g/mol. The topological polar surface area (TPSA) is 114 Å². The predicted octanol–water partition coefficient (Wildman–Crippen LogP) is 3.21. The van der Waals surface area contributed by atoms with Crippen molar-refractivity contribution in [3.63, 3.8) is 0 Å². The van der Waals surface area contributed by atoms with Gasteiger partial charge >= 0.3 is 6.03 Å². The molecular formula is C23H29F2N5O4S. The van der Waals surface area contributed by atoms with Crippen LogP contribution in [-0.4, -0.2) is 62.5 Å². The third kappa shape index (κ3) is 5.37. The first kappa shape index (κ1) is 25.2. The van der Waals surface area contributed by atoms with Crippen molar-refractivity contribution in [2.45, 2.75) is 50.4 Å². The van der Waals surface area contributed by atoms with E-state index in [1.165, 1.54) is 13.8 Å². The Hall–Kier alpha value is -2.86. The molecule has 2 aliphatic rings. The number of benzene rings is 1. The van der Waals surface area contributed by atoms with Crippen molar-refractivity contribution in [1.82, 2.24) is 15.3 Å². The molecule has 0 spiro atoms. The Morgan fingerprint density at radius 1 is 1.17 bits per heavy atom. The summed E-state index contributed by atoms with van der Waals surface area (Å²) in [4.78, 5) is 22.8. The summed E-state index contributed by atoms with van der Waals surface area (Å²) >= 11 is 0. The number of anilines is 2. The molecule has 2 heterocycles. The second-order valence-electron chi connectivity index (χ2n) is 9.52. The smallest absolute Gasteiger partial charge is 0.319 e. The van der Waals surface area contributed by atoms with Crippen molar-refractivity contribution in [3.05, 3.63) is 35.5 Å². The summed E-state index contributed by atoms with van der Waals surface area (Å²) in [5.74, 6) is -1.59. The van der Waals surface area contributed by atoms with Gasteiger partial charge < -0.3 is 20.3 Å². The molecule has 1 aromatic heterocycles. The third-order valence-electron chi connectivity index (χ3n) is 6.37. The zero-order valence-electron chi connectivity index (χ0n) is 20.1. The molecular weight excluding hydrogens is 480 g/mol. The number of sulfone groups is 1. The molecule has 9 nitrogen and oxygen atoms in total. The van der Waals surface area contributed by atoms with E-state index in [0.717, 1.165) is 31.2 Å². The Bertz CT molecular complexity index is 1230. The largest absolute Gasteiger partial charge is 0.377 e. The number of urea groups is 1. The van der Waals surface area contributed by atoms with Crippen molar-refractivity contribution in [3.8, 4) is 11.4 Å². The van der Waals surface area contributed by atoms with Gasteiger partial charge in [-0.15, -0.1) is 0 Å². The van der Waals surface area contributed by atoms with Gasteiger partial charge in [-0.1, -0.05) is 0 Å². The number of nitrogens with zero attached hydrogens (tertiary/aromatic N) is 3. The second-order valence-corrected chi connectivity index (χ2v) is 12.1. The third-order valence-corrected chi connectivity index (χ3v) is 8.43. The number of halogens is 2. The van der Waals surface area contributed by atoms with Gasteiger partial charge in [0.05, 0.1) is 24.9 Å². The highest BCUT2D eigenvalue weighted by atomic mass is 32.2. The van der Waals surface area contributed by atoms with E-state index in [-0.39, 0.29) is 29.2 Å². The molecule has 2 aromatic rings. The Balaban J connectivity index is 1.77. The van der Waals surface area contributed by atoms with E-state index in [1.54, 1.807) is 6.07 Å². The number of ether oxygens (including phenoxy) is 1. The number of hydrogen-bond acceptors (Lipinski definition) is 7. The summed E-state index contributed by atoms with van der Waals surface area (Å²) in [6.45, 7) is 6.41. The lowest BCUT2D eigenvalue weighted by molar-refractivity contribution is 0.0985. The van der Waals surface area contributed by atoms with Crippen LogP contribution in [0.4, 0.5) is 25.1 Å². The Labute approximate surface area is 203 Å². The van der Waals surface area contributed by atoms with Gasteiger partial charge in [-0.05, 0) is 45.7 Å². The Morgan fingerprint density at radius 2 is 1.83 bits per heavy atom. The molecule has 1 saturated heterocycles. The maximum absolute atomic E-state index is 14.9. The minimum atomic E-state index is -3.59. The molecule has 0 radical (unpaired) electrons. The zero-order valence-corrected chi connectivity index (χ0v) is 20.9. The van der Waals surface area contributed by atoms with Crippen LogP contribution in [0.1, 0.15) is 39.3 Å². The van der Waals surface area contributed by atoms with Crippen LogP contribution in [0.3, 0.4) is 0 Å². The summed E-state index contributed by atoms with van der Waals surface area (Å²) in [6.07, 6.45) is 2.77. The summed E-state index contributed by atoms with van der Waals surface area (Å²) in [6, 6.07) is 2.93. The monoisotopic (exact) mass is 509 g/mol. The molecule has 2 N–H and O–H groups in total. The fourth-order valence-electron chi connectivity index (χ4n) is 3.66. The first-order valence-corrected chi connectivity index (χ1v) is 13.3. The maximum atomic E-state index is 14.9. The van der Waals surface area contributed by atoms with Crippen LogP contribution < -0.4 is 15.5 Å². The van der Waals surface area contributed by atoms with Gasteiger partial charge in [-0.25, -0.2) is 32.0 Å². The standard InChI is InChI=1S/C23H29F2N5O4S/c1-13-12-34-8-7-30(13)19-11-18(23(2,3)35(4,32)33)27-21(28-19)14-9-16(24)20(17(25)10-14)29-22(31)26-15-5-6-15/h9-11,13,15H,5-8,12H2,1-4H3,(H2,26,29,31)/t13-/m0/s1. The number of amides is 2. The lowest BCUT2D eigenvalue weighted by Gasteiger charge is -2.35. The Kier molecular flexibility index (Phi) is 6.71. The van der Waals surface area contributed by atoms with E-state index in [9.17, 15) is 22.0 Å². The highest BCUT2D eigenvalue weighted by Crippen LogP contribution is 2.33. The number of morpholine rings is 1. The van der Waals surface area contributed by atoms with Crippen molar-refractivity contribution in [1.29, 1.82) is 0 Å². The molecule has 2 fully saturated rings. The molecule has 0 unspecified atom stereocenters. The Morgan fingerprint density at radius 3 is 2.40 bits per heavy atom. The fraction of sp³-hybridized carbons (Fsp3) is 0.522. The van der Waals surface area contributed by atoms with E-state index >= 15 is 0 Å². The van der Waals surface area contributed by atoms with E-state index in [4.69, 9.17) is 4.74 Å². The quantitative estimate of drug-likeness (QED) is 0.615. The molecule has 1 aliphatic carbocycles. The molecule has 0 bridgehead atoms. The summed E-state index contributed by atoms with van der Waals surface area (Å²) < 4.78 is 58.9. The van der Waals surface area contributed by atoms with Crippen LogP contribution in [-0.2, 0) is 19.3 Å². The van der Waals surface area contributed by atoms with Crippen molar-refractivity contribution in [2.24, 2.45) is 0 Å². The summed E-state index contributed by atoms with van der Waals surface area (Å²) in [5.41, 5.74) is -0.367. The lowest BCUT2D eigenvalue weighted by atomic mass is 10.1. The highest BCUT2D eigenvalue weighted by molar-refractivity contribution is 7.91. The molecule has 1 aliphatic heterocycles. The average Bonchev–Trinajstić information content (AvgIpc) is 3.59. The van der Waals surface area contributed by atoms with E-state index < -0.39 is 37.9 Å². The van der Waals surface area contributed by atoms with Crippen LogP contribution in [0.25, 0.3) is 11.4 Å². The molecule has 190 valence electrons. The van der Waals surface area contributed by atoms with Crippen molar-refractivity contribution >= 4 is 27.4 Å². The van der Waals surface area contributed by atoms with E-state index in [1.807, 2.05) is 11.8 Å². The van der Waals surface area contributed by atoms with Crippen LogP contribution >= 0.6 is 0 Å². The number of nitrogens with one attached hydrogen (secondary N) is 2. The summed E-state index contributed by atoms with van der Waals surface area (Å²) in [5, 5.41) is 4.82. The molecule has 12 heteroatoms. The second kappa shape index (κ2) is 9.30. The molecule has 35 heavy (non-hydrogen) atoms. The van der Waals surface area contributed by atoms with Gasteiger partial charge in [0, 0.05) is 30.5 Å². The van der Waals surface area contributed by atoms with Gasteiger partial charge in [-0.3, -0.25) is 0 Å². The molecule has 1 aromatic carbocycles. The van der Waals surface area contributed by atoms with Gasteiger partial charge in [0.2, 0.25) is 0 Å². The first-order valence-electron chi connectivity index (χ1n) is 11.4. The molecule has 4 rings (SSSR count). The lowest BCUT2D eigenvalue weighted by Crippen LogP contribution is -2.44. The van der Waals surface area contributed by atoms with Crippen LogP contribution in [0.2, 0.25) is 0 Å². The SMILES string of the molecule is C[C@H]1COCCN1c1cc(C(C)(C)S(C)(=O)=O)nc(-c2cc(F)c(NC(=O)NC3CC3)c(F)c2)n1. The van der Waals surface area contributed by atoms with Gasteiger partial charge in [-0.2, -0.15) is 0 Å². The van der Waals surface area contributed by atoms with Crippen LogP contribution in [0.15, 0.2) is 18.2 Å². The first-order chi connectivity index (χ1) is 16.4. The van der Waals surface area contributed by atoms with Crippen LogP contribution in [0, 0.1) is 11.6 Å². The van der Waals surface area contributed by atoms with Gasteiger partial charge in [0.15, 0.2) is 27.3 Å².